The topological polar surface area (TPSA) is 59.1 Å². The summed E-state index contributed by atoms with van der Waals surface area (Å²) in [7, 11) is -3.81. The molecule has 118 valence electrons. The number of nitrogens with zero attached hydrogens (tertiary/aromatic N) is 1. The van der Waals surface area contributed by atoms with Crippen LogP contribution >= 0.6 is 0 Å². The zero-order chi connectivity index (χ0) is 16.6. The van der Waals surface area contributed by atoms with Crippen molar-refractivity contribution in [2.75, 3.05) is 4.72 Å². The van der Waals surface area contributed by atoms with Gasteiger partial charge in [0.05, 0.1) is 16.1 Å². The predicted octanol–water partition coefficient (Wildman–Crippen LogP) is 3.79. The van der Waals surface area contributed by atoms with Gasteiger partial charge in [0.15, 0.2) is 0 Å². The van der Waals surface area contributed by atoms with Gasteiger partial charge < -0.3 is 0 Å². The molecule has 1 heterocycles. The van der Waals surface area contributed by atoms with Gasteiger partial charge in [-0.25, -0.2) is 12.8 Å². The number of benzene rings is 2. The van der Waals surface area contributed by atoms with Crippen LogP contribution in [-0.4, -0.2) is 13.4 Å². The number of hydrogen-bond donors (Lipinski definition) is 1. The van der Waals surface area contributed by atoms with Gasteiger partial charge in [0.2, 0.25) is 0 Å². The number of aryl methyl sites for hydroxylation is 2. The summed E-state index contributed by atoms with van der Waals surface area (Å²) >= 11 is 0. The van der Waals surface area contributed by atoms with Crippen molar-refractivity contribution in [1.82, 2.24) is 4.98 Å². The summed E-state index contributed by atoms with van der Waals surface area (Å²) in [6, 6.07) is 12.7. The third-order valence-electron chi connectivity index (χ3n) is 3.54. The molecule has 0 aliphatic rings. The maximum absolute atomic E-state index is 13.3. The number of hydrogen-bond acceptors (Lipinski definition) is 3. The molecule has 0 saturated carbocycles. The first kappa shape index (κ1) is 15.4. The van der Waals surface area contributed by atoms with Crippen molar-refractivity contribution in [2.24, 2.45) is 0 Å². The zero-order valence-electron chi connectivity index (χ0n) is 12.7. The molecular formula is C17H15FN2O2S. The van der Waals surface area contributed by atoms with Crippen molar-refractivity contribution in [3.63, 3.8) is 0 Å². The lowest BCUT2D eigenvalue weighted by Crippen LogP contribution is -2.14. The van der Waals surface area contributed by atoms with E-state index < -0.39 is 15.8 Å². The molecule has 0 amide bonds. The Balaban J connectivity index is 2.07. The fourth-order valence-corrected chi connectivity index (χ4v) is 3.47. The number of fused-ring (bicyclic) bond motifs is 1. The van der Waals surface area contributed by atoms with E-state index in [1.165, 1.54) is 19.1 Å². The molecule has 23 heavy (non-hydrogen) atoms. The Kier molecular flexibility index (Phi) is 3.77. The molecule has 0 fully saturated rings. The van der Waals surface area contributed by atoms with E-state index >= 15 is 0 Å². The molecule has 0 spiro atoms. The van der Waals surface area contributed by atoms with Crippen LogP contribution in [-0.2, 0) is 10.0 Å². The third-order valence-corrected chi connectivity index (χ3v) is 4.91. The number of rotatable bonds is 3. The minimum Gasteiger partial charge on any atom is -0.277 e. The van der Waals surface area contributed by atoms with Crippen LogP contribution in [0.2, 0.25) is 0 Å². The van der Waals surface area contributed by atoms with Crippen molar-refractivity contribution in [1.29, 1.82) is 0 Å². The fraction of sp³-hybridized carbons (Fsp3) is 0.118. The van der Waals surface area contributed by atoms with E-state index in [0.29, 0.717) is 11.2 Å². The molecule has 0 saturated heterocycles. The van der Waals surface area contributed by atoms with Crippen LogP contribution in [0.15, 0.2) is 53.4 Å². The monoisotopic (exact) mass is 330 g/mol. The third kappa shape index (κ3) is 3.03. The summed E-state index contributed by atoms with van der Waals surface area (Å²) in [6.07, 6.45) is 0. The van der Waals surface area contributed by atoms with Crippen LogP contribution in [0.25, 0.3) is 10.9 Å². The number of nitrogens with one attached hydrogen (secondary N) is 1. The van der Waals surface area contributed by atoms with Gasteiger partial charge in [0, 0.05) is 11.1 Å². The summed E-state index contributed by atoms with van der Waals surface area (Å²) in [5.74, 6) is -0.439. The Hall–Kier alpha value is -2.47. The Morgan fingerprint density at radius 2 is 1.83 bits per heavy atom. The second-order valence-electron chi connectivity index (χ2n) is 5.35. The predicted molar refractivity (Wildman–Crippen MR) is 88.4 cm³/mol. The van der Waals surface area contributed by atoms with E-state index in [9.17, 15) is 12.8 Å². The fourth-order valence-electron chi connectivity index (χ4n) is 2.32. The average molecular weight is 330 g/mol. The molecule has 0 aliphatic heterocycles. The largest absolute Gasteiger partial charge is 0.277 e. The molecule has 0 unspecified atom stereocenters. The summed E-state index contributed by atoms with van der Waals surface area (Å²) in [5.41, 5.74) is 2.05. The molecule has 4 nitrogen and oxygen atoms in total. The van der Waals surface area contributed by atoms with E-state index in [1.54, 1.807) is 12.1 Å². The van der Waals surface area contributed by atoms with Gasteiger partial charge in [0.1, 0.15) is 5.82 Å². The number of sulfonamides is 1. The summed E-state index contributed by atoms with van der Waals surface area (Å²) in [6.45, 7) is 3.37. The second kappa shape index (κ2) is 5.62. The maximum Gasteiger partial charge on any atom is 0.261 e. The Morgan fingerprint density at radius 3 is 2.57 bits per heavy atom. The van der Waals surface area contributed by atoms with Gasteiger partial charge in [0.25, 0.3) is 10.0 Å². The number of pyridine rings is 1. The Bertz CT molecular complexity index is 1000. The quantitative estimate of drug-likeness (QED) is 0.795. The van der Waals surface area contributed by atoms with E-state index in [-0.39, 0.29) is 10.5 Å². The van der Waals surface area contributed by atoms with Gasteiger partial charge in [-0.2, -0.15) is 0 Å². The van der Waals surface area contributed by atoms with Crippen molar-refractivity contribution >= 4 is 26.6 Å². The van der Waals surface area contributed by atoms with Gasteiger partial charge in [-0.15, -0.1) is 0 Å². The van der Waals surface area contributed by atoms with Crippen molar-refractivity contribution in [3.8, 4) is 0 Å². The minimum atomic E-state index is -3.81. The van der Waals surface area contributed by atoms with E-state index in [0.717, 1.165) is 17.1 Å². The van der Waals surface area contributed by atoms with Crippen LogP contribution < -0.4 is 4.72 Å². The number of anilines is 1. The zero-order valence-corrected chi connectivity index (χ0v) is 13.5. The molecule has 2 aromatic carbocycles. The molecular weight excluding hydrogens is 315 g/mol. The van der Waals surface area contributed by atoms with Gasteiger partial charge in [-0.05, 0) is 49.7 Å². The number of para-hydroxylation sites is 1. The van der Waals surface area contributed by atoms with Gasteiger partial charge >= 0.3 is 0 Å². The molecule has 3 rings (SSSR count). The smallest absolute Gasteiger partial charge is 0.261 e. The van der Waals surface area contributed by atoms with Gasteiger partial charge in [-0.1, -0.05) is 18.2 Å². The summed E-state index contributed by atoms with van der Waals surface area (Å²) in [4.78, 5) is 4.41. The van der Waals surface area contributed by atoms with Crippen molar-refractivity contribution in [2.45, 2.75) is 18.7 Å². The molecule has 0 atom stereocenters. The molecule has 0 aliphatic carbocycles. The number of aromatic nitrogens is 1. The number of halogens is 1. The lowest BCUT2D eigenvalue weighted by atomic mass is 10.2. The van der Waals surface area contributed by atoms with Crippen LogP contribution in [0.3, 0.4) is 0 Å². The van der Waals surface area contributed by atoms with Crippen LogP contribution in [0.4, 0.5) is 10.1 Å². The van der Waals surface area contributed by atoms with Crippen LogP contribution in [0, 0.1) is 19.7 Å². The van der Waals surface area contributed by atoms with E-state index in [2.05, 4.69) is 9.71 Å². The minimum absolute atomic E-state index is 0.0149. The molecule has 1 aromatic heterocycles. The second-order valence-corrected chi connectivity index (χ2v) is 7.03. The maximum atomic E-state index is 13.3. The lowest BCUT2D eigenvalue weighted by molar-refractivity contribution is 0.598. The first-order valence-electron chi connectivity index (χ1n) is 7.02. The highest BCUT2D eigenvalue weighted by atomic mass is 32.2. The summed E-state index contributed by atoms with van der Waals surface area (Å²) in [5, 5.41) is 0.839. The molecule has 0 bridgehead atoms. The SMILES string of the molecule is Cc1ccc2cccc(NS(=O)(=O)c3ccc(F)c(C)c3)c2n1. The standard InChI is InChI=1S/C17H15FN2O2S/c1-11-10-14(8-9-15(11)18)23(21,22)20-16-5-3-4-13-7-6-12(2)19-17(13)16/h3-10,20H,1-2H3. The van der Waals surface area contributed by atoms with Crippen LogP contribution in [0.5, 0.6) is 0 Å². The summed E-state index contributed by atoms with van der Waals surface area (Å²) < 4.78 is 40.9. The molecule has 3 aromatic rings. The normalized spacial score (nSPS) is 11.6. The highest BCUT2D eigenvalue weighted by Crippen LogP contribution is 2.25. The van der Waals surface area contributed by atoms with E-state index in [1.807, 2.05) is 25.1 Å². The lowest BCUT2D eigenvalue weighted by Gasteiger charge is -2.11. The first-order valence-corrected chi connectivity index (χ1v) is 8.50. The highest BCUT2D eigenvalue weighted by molar-refractivity contribution is 7.92. The van der Waals surface area contributed by atoms with Crippen LogP contribution in [0.1, 0.15) is 11.3 Å². The van der Waals surface area contributed by atoms with E-state index in [4.69, 9.17) is 0 Å². The van der Waals surface area contributed by atoms with Gasteiger partial charge in [-0.3, -0.25) is 9.71 Å². The highest BCUT2D eigenvalue weighted by Gasteiger charge is 2.17. The Morgan fingerprint density at radius 1 is 1.04 bits per heavy atom. The molecule has 0 radical (unpaired) electrons. The average Bonchev–Trinajstić information content (AvgIpc) is 2.50. The molecule has 6 heteroatoms. The van der Waals surface area contributed by atoms with Crippen molar-refractivity contribution < 1.29 is 12.8 Å². The molecule has 1 N–H and O–H groups in total. The Labute approximate surface area is 134 Å². The van der Waals surface area contributed by atoms with Crippen molar-refractivity contribution in [3.05, 3.63) is 65.6 Å². The first-order chi connectivity index (χ1) is 10.9.